The van der Waals surface area contributed by atoms with Gasteiger partial charge in [-0.25, -0.2) is 9.97 Å². The fourth-order valence-electron chi connectivity index (χ4n) is 2.04. The summed E-state index contributed by atoms with van der Waals surface area (Å²) < 4.78 is 5.65. The van der Waals surface area contributed by atoms with Crippen LogP contribution in [-0.2, 0) is 6.61 Å². The molecule has 1 aromatic heterocycles. The fourth-order valence-corrected chi connectivity index (χ4v) is 2.04. The van der Waals surface area contributed by atoms with Crippen molar-refractivity contribution in [1.29, 1.82) is 5.26 Å². The van der Waals surface area contributed by atoms with Crippen LogP contribution in [0.1, 0.15) is 11.1 Å². The van der Waals surface area contributed by atoms with Gasteiger partial charge in [-0.05, 0) is 6.07 Å². The Bertz CT molecular complexity index is 793. The number of benzene rings is 2. The zero-order valence-corrected chi connectivity index (χ0v) is 11.8. The first kappa shape index (κ1) is 13.8. The topological polar surface area (TPSA) is 58.8 Å². The molecule has 0 N–H and O–H groups in total. The van der Waals surface area contributed by atoms with Gasteiger partial charge >= 0.3 is 0 Å². The molecule has 106 valence electrons. The largest absolute Gasteiger partial charge is 0.486 e. The van der Waals surface area contributed by atoms with Crippen molar-refractivity contribution >= 4 is 0 Å². The van der Waals surface area contributed by atoms with Crippen molar-refractivity contribution in [2.45, 2.75) is 6.61 Å². The van der Waals surface area contributed by atoms with E-state index in [0.29, 0.717) is 23.7 Å². The van der Waals surface area contributed by atoms with E-state index in [1.807, 2.05) is 48.5 Å². The minimum absolute atomic E-state index is 0.317. The maximum atomic E-state index is 9.05. The molecule has 0 atom stereocenters. The molecule has 0 fully saturated rings. The van der Waals surface area contributed by atoms with Crippen LogP contribution in [0.4, 0.5) is 0 Å². The lowest BCUT2D eigenvalue weighted by atomic mass is 10.1. The van der Waals surface area contributed by atoms with Gasteiger partial charge in [-0.3, -0.25) is 0 Å². The summed E-state index contributed by atoms with van der Waals surface area (Å²) in [4.78, 5) is 8.61. The van der Waals surface area contributed by atoms with Crippen molar-refractivity contribution in [3.63, 3.8) is 0 Å². The smallest absolute Gasteiger partial charge is 0.159 e. The Kier molecular flexibility index (Phi) is 4.08. The van der Waals surface area contributed by atoms with Crippen molar-refractivity contribution in [3.8, 4) is 23.2 Å². The molecule has 2 aromatic carbocycles. The van der Waals surface area contributed by atoms with Crippen LogP contribution >= 0.6 is 0 Å². The van der Waals surface area contributed by atoms with E-state index < -0.39 is 0 Å². The molecular formula is C18H13N3O. The minimum atomic E-state index is 0.317. The highest BCUT2D eigenvalue weighted by molar-refractivity contribution is 5.54. The lowest BCUT2D eigenvalue weighted by Gasteiger charge is -2.07. The first-order chi connectivity index (χ1) is 10.9. The van der Waals surface area contributed by atoms with E-state index >= 15 is 0 Å². The third kappa shape index (κ3) is 3.10. The molecule has 4 nitrogen and oxygen atoms in total. The molecular weight excluding hydrogens is 274 g/mol. The highest BCUT2D eigenvalue weighted by Crippen LogP contribution is 2.17. The molecule has 4 heteroatoms. The molecule has 0 spiro atoms. The lowest BCUT2D eigenvalue weighted by molar-refractivity contribution is 0.303. The molecule has 1 heterocycles. The second-order valence-electron chi connectivity index (χ2n) is 4.67. The maximum absolute atomic E-state index is 9.05. The molecule has 0 saturated heterocycles. The van der Waals surface area contributed by atoms with Gasteiger partial charge < -0.3 is 4.74 Å². The van der Waals surface area contributed by atoms with Crippen LogP contribution in [0.25, 0.3) is 11.4 Å². The van der Waals surface area contributed by atoms with E-state index in [1.165, 1.54) is 0 Å². The monoisotopic (exact) mass is 287 g/mol. The Labute approximate surface area is 128 Å². The van der Waals surface area contributed by atoms with Crippen molar-refractivity contribution in [1.82, 2.24) is 9.97 Å². The third-order valence-corrected chi connectivity index (χ3v) is 3.19. The number of nitriles is 1. The van der Waals surface area contributed by atoms with Crippen molar-refractivity contribution < 1.29 is 4.74 Å². The highest BCUT2D eigenvalue weighted by atomic mass is 16.5. The highest BCUT2D eigenvalue weighted by Gasteiger charge is 2.04. The Morgan fingerprint density at radius 1 is 0.909 bits per heavy atom. The van der Waals surface area contributed by atoms with E-state index in [4.69, 9.17) is 10.00 Å². The van der Waals surface area contributed by atoms with Crippen LogP contribution in [0.2, 0.25) is 0 Å². The van der Waals surface area contributed by atoms with E-state index in [9.17, 15) is 0 Å². The Balaban J connectivity index is 1.71. The Hall–Kier alpha value is -3.19. The normalized spacial score (nSPS) is 9.95. The molecule has 0 radical (unpaired) electrons. The van der Waals surface area contributed by atoms with E-state index in [0.717, 1.165) is 11.1 Å². The zero-order valence-electron chi connectivity index (χ0n) is 11.8. The second kappa shape index (κ2) is 6.51. The van der Waals surface area contributed by atoms with Crippen LogP contribution in [-0.4, -0.2) is 9.97 Å². The summed E-state index contributed by atoms with van der Waals surface area (Å²) in [5, 5.41) is 9.05. The average Bonchev–Trinajstić information content (AvgIpc) is 2.61. The standard InChI is InChI=1S/C18H13N3O/c19-10-15-8-4-5-9-16(15)13-22-17-11-20-18(21-12-17)14-6-2-1-3-7-14/h1-9,11-12H,13H2. The SMILES string of the molecule is N#Cc1ccccc1COc1cnc(-c2ccccc2)nc1. The fraction of sp³-hybridized carbons (Fsp3) is 0.0556. The number of hydrogen-bond donors (Lipinski definition) is 0. The summed E-state index contributed by atoms with van der Waals surface area (Å²) in [6.45, 7) is 0.317. The number of rotatable bonds is 4. The van der Waals surface area contributed by atoms with Crippen molar-refractivity contribution in [3.05, 3.63) is 78.1 Å². The van der Waals surface area contributed by atoms with E-state index in [1.54, 1.807) is 18.5 Å². The summed E-state index contributed by atoms with van der Waals surface area (Å²) in [5.41, 5.74) is 2.42. The van der Waals surface area contributed by atoms with Gasteiger partial charge in [0.2, 0.25) is 0 Å². The molecule has 0 saturated carbocycles. The predicted molar refractivity (Wildman–Crippen MR) is 83.0 cm³/mol. The van der Waals surface area contributed by atoms with Crippen LogP contribution in [0.5, 0.6) is 5.75 Å². The minimum Gasteiger partial charge on any atom is -0.486 e. The van der Waals surface area contributed by atoms with Crippen LogP contribution < -0.4 is 4.74 Å². The van der Waals surface area contributed by atoms with Crippen LogP contribution in [0.3, 0.4) is 0 Å². The average molecular weight is 287 g/mol. The third-order valence-electron chi connectivity index (χ3n) is 3.19. The van der Waals surface area contributed by atoms with Gasteiger partial charge in [0.1, 0.15) is 6.61 Å². The number of nitrogens with zero attached hydrogens (tertiary/aromatic N) is 3. The molecule has 0 aliphatic heterocycles. The number of aromatic nitrogens is 2. The summed E-state index contributed by atoms with van der Waals surface area (Å²) in [6, 6.07) is 19.3. The molecule has 0 bridgehead atoms. The molecule has 22 heavy (non-hydrogen) atoms. The second-order valence-corrected chi connectivity index (χ2v) is 4.67. The maximum Gasteiger partial charge on any atom is 0.159 e. The quantitative estimate of drug-likeness (QED) is 0.735. The number of ether oxygens (including phenoxy) is 1. The molecule has 0 unspecified atom stereocenters. The van der Waals surface area contributed by atoms with Gasteiger partial charge in [-0.1, -0.05) is 48.5 Å². The molecule has 3 aromatic rings. The first-order valence-electron chi connectivity index (χ1n) is 6.85. The molecule has 0 aliphatic carbocycles. The van der Waals surface area contributed by atoms with Gasteiger partial charge in [0.25, 0.3) is 0 Å². The lowest BCUT2D eigenvalue weighted by Crippen LogP contribution is -1.99. The van der Waals surface area contributed by atoms with Gasteiger partial charge in [0.05, 0.1) is 24.0 Å². The van der Waals surface area contributed by atoms with Gasteiger partial charge in [0, 0.05) is 11.1 Å². The summed E-state index contributed by atoms with van der Waals surface area (Å²) in [7, 11) is 0. The summed E-state index contributed by atoms with van der Waals surface area (Å²) in [6.07, 6.45) is 3.29. The Morgan fingerprint density at radius 2 is 1.59 bits per heavy atom. The molecule has 0 aliphatic rings. The molecule has 0 amide bonds. The summed E-state index contributed by atoms with van der Waals surface area (Å²) in [5.74, 6) is 1.23. The molecule has 3 rings (SSSR count). The predicted octanol–water partition coefficient (Wildman–Crippen LogP) is 3.59. The van der Waals surface area contributed by atoms with Gasteiger partial charge in [-0.15, -0.1) is 0 Å². The van der Waals surface area contributed by atoms with Gasteiger partial charge in [0.15, 0.2) is 11.6 Å². The van der Waals surface area contributed by atoms with Crippen molar-refractivity contribution in [2.24, 2.45) is 0 Å². The van der Waals surface area contributed by atoms with Crippen LogP contribution in [0.15, 0.2) is 67.0 Å². The van der Waals surface area contributed by atoms with Crippen molar-refractivity contribution in [2.75, 3.05) is 0 Å². The Morgan fingerprint density at radius 3 is 2.32 bits per heavy atom. The number of hydrogen-bond acceptors (Lipinski definition) is 4. The van der Waals surface area contributed by atoms with E-state index in [2.05, 4.69) is 16.0 Å². The van der Waals surface area contributed by atoms with Gasteiger partial charge in [-0.2, -0.15) is 5.26 Å². The van der Waals surface area contributed by atoms with E-state index in [-0.39, 0.29) is 0 Å². The zero-order chi connectivity index (χ0) is 15.2. The first-order valence-corrected chi connectivity index (χ1v) is 6.85. The van der Waals surface area contributed by atoms with Crippen LogP contribution in [0, 0.1) is 11.3 Å². The summed E-state index contributed by atoms with van der Waals surface area (Å²) >= 11 is 0.